The summed E-state index contributed by atoms with van der Waals surface area (Å²) >= 11 is 1.62. The summed E-state index contributed by atoms with van der Waals surface area (Å²) in [5.41, 5.74) is 1.49. The van der Waals surface area contributed by atoms with Gasteiger partial charge in [0.2, 0.25) is 0 Å². The maximum Gasteiger partial charge on any atom is 0.408 e. The summed E-state index contributed by atoms with van der Waals surface area (Å²) in [6, 6.07) is 11.2. The van der Waals surface area contributed by atoms with E-state index >= 15 is 0 Å². The molecule has 0 bridgehead atoms. The molecular weight excluding hydrogens is 372 g/mol. The van der Waals surface area contributed by atoms with E-state index in [1.54, 1.807) is 11.3 Å². The van der Waals surface area contributed by atoms with Gasteiger partial charge in [0, 0.05) is 23.5 Å². The van der Waals surface area contributed by atoms with Crippen LogP contribution in [-0.4, -0.2) is 45.4 Å². The molecule has 0 aliphatic carbocycles. The Morgan fingerprint density at radius 1 is 1.29 bits per heavy atom. The molecule has 2 atom stereocenters. The van der Waals surface area contributed by atoms with E-state index < -0.39 is 23.8 Å². The summed E-state index contributed by atoms with van der Waals surface area (Å²) in [4.78, 5) is 14.5. The number of benzene rings is 1. The highest BCUT2D eigenvalue weighted by Crippen LogP contribution is 2.23. The highest BCUT2D eigenvalue weighted by molar-refractivity contribution is 7.11. The summed E-state index contributed by atoms with van der Waals surface area (Å²) in [6.45, 7) is 10.2. The van der Waals surface area contributed by atoms with E-state index in [0.29, 0.717) is 19.5 Å². The Kier molecular flexibility index (Phi) is 7.80. The fourth-order valence-electron chi connectivity index (χ4n) is 3.28. The van der Waals surface area contributed by atoms with Crippen LogP contribution in [0.15, 0.2) is 48.4 Å². The standard InChI is InChI=1S/C22H30N2O3S/c1-5-18-11-17(15-28-18)13-23-14-20(25)19(12-16-9-7-6-8-10-16)24(21(26)27)22(2,3)4/h5-11,15,19-20,23,25H,1,12-14H2,2-4H3,(H,26,27)/t19-,20-/m0/s1. The number of aliphatic hydroxyl groups excluding tert-OH is 1. The Balaban J connectivity index is 2.11. The molecule has 28 heavy (non-hydrogen) atoms. The minimum absolute atomic E-state index is 0.302. The molecule has 1 aromatic carbocycles. The average Bonchev–Trinajstić information content (AvgIpc) is 3.08. The number of hydrogen-bond donors (Lipinski definition) is 3. The normalized spacial score (nSPS) is 13.7. The SMILES string of the molecule is C=Cc1cc(CNC[C@H](O)[C@H](Cc2ccccc2)N(C(=O)O)C(C)(C)C)cs1. The molecule has 152 valence electrons. The fraction of sp³-hybridized carbons (Fsp3) is 0.409. The van der Waals surface area contributed by atoms with E-state index in [1.807, 2.05) is 57.2 Å². The van der Waals surface area contributed by atoms with Crippen LogP contribution < -0.4 is 5.32 Å². The Morgan fingerprint density at radius 3 is 2.50 bits per heavy atom. The highest BCUT2D eigenvalue weighted by Gasteiger charge is 2.37. The zero-order valence-corrected chi connectivity index (χ0v) is 17.6. The summed E-state index contributed by atoms with van der Waals surface area (Å²) in [5.74, 6) is 0. The molecule has 0 saturated carbocycles. The second-order valence-electron chi connectivity index (χ2n) is 7.84. The van der Waals surface area contributed by atoms with Gasteiger partial charge < -0.3 is 15.5 Å². The van der Waals surface area contributed by atoms with Crippen LogP contribution in [0.25, 0.3) is 6.08 Å². The summed E-state index contributed by atoms with van der Waals surface area (Å²) in [6.07, 6.45) is 0.397. The molecule has 6 heteroatoms. The number of nitrogens with one attached hydrogen (secondary N) is 1. The third-order valence-electron chi connectivity index (χ3n) is 4.55. The third kappa shape index (κ3) is 6.19. The summed E-state index contributed by atoms with van der Waals surface area (Å²) in [7, 11) is 0. The van der Waals surface area contributed by atoms with Crippen LogP contribution in [0, 0.1) is 0 Å². The van der Waals surface area contributed by atoms with Crippen molar-refractivity contribution in [2.75, 3.05) is 6.54 Å². The molecule has 5 nitrogen and oxygen atoms in total. The number of thiophene rings is 1. The molecule has 3 N–H and O–H groups in total. The maximum absolute atomic E-state index is 12.0. The fourth-order valence-corrected chi connectivity index (χ4v) is 4.03. The molecule has 2 rings (SSSR count). The summed E-state index contributed by atoms with van der Waals surface area (Å²) < 4.78 is 0. The number of amides is 1. The first-order valence-corrected chi connectivity index (χ1v) is 10.2. The van der Waals surface area contributed by atoms with Crippen LogP contribution in [0.1, 0.15) is 36.8 Å². The Morgan fingerprint density at radius 2 is 1.96 bits per heavy atom. The molecule has 1 heterocycles. The zero-order valence-electron chi connectivity index (χ0n) is 16.8. The van der Waals surface area contributed by atoms with E-state index in [-0.39, 0.29) is 0 Å². The number of rotatable bonds is 9. The van der Waals surface area contributed by atoms with Gasteiger partial charge in [0.05, 0.1) is 12.1 Å². The van der Waals surface area contributed by atoms with Crippen molar-refractivity contribution in [2.45, 2.75) is 51.4 Å². The number of hydrogen-bond acceptors (Lipinski definition) is 4. The van der Waals surface area contributed by atoms with Gasteiger partial charge in [-0.1, -0.05) is 43.0 Å². The first-order chi connectivity index (χ1) is 13.2. The van der Waals surface area contributed by atoms with E-state index in [9.17, 15) is 15.0 Å². The molecule has 0 spiro atoms. The van der Waals surface area contributed by atoms with Gasteiger partial charge in [0.25, 0.3) is 0 Å². The Hall–Kier alpha value is -2.15. The second-order valence-corrected chi connectivity index (χ2v) is 8.78. The lowest BCUT2D eigenvalue weighted by atomic mass is 9.94. The van der Waals surface area contributed by atoms with E-state index in [2.05, 4.69) is 23.3 Å². The third-order valence-corrected chi connectivity index (χ3v) is 5.53. The summed E-state index contributed by atoms with van der Waals surface area (Å²) in [5, 5.41) is 26.0. The van der Waals surface area contributed by atoms with Crippen molar-refractivity contribution in [1.82, 2.24) is 10.2 Å². The highest BCUT2D eigenvalue weighted by atomic mass is 32.1. The van der Waals surface area contributed by atoms with Crippen LogP contribution >= 0.6 is 11.3 Å². The first-order valence-electron chi connectivity index (χ1n) is 9.37. The van der Waals surface area contributed by atoms with Crippen molar-refractivity contribution in [3.05, 3.63) is 64.4 Å². The molecule has 0 unspecified atom stereocenters. The van der Waals surface area contributed by atoms with Gasteiger partial charge in [-0.25, -0.2) is 4.79 Å². The van der Waals surface area contributed by atoms with Gasteiger partial charge >= 0.3 is 6.09 Å². The minimum atomic E-state index is -1.03. The number of carbonyl (C=O) groups is 1. The largest absolute Gasteiger partial charge is 0.465 e. The van der Waals surface area contributed by atoms with Gasteiger partial charge in [0.15, 0.2) is 0 Å². The number of aliphatic hydroxyl groups is 1. The monoisotopic (exact) mass is 402 g/mol. The molecule has 0 saturated heterocycles. The van der Waals surface area contributed by atoms with Crippen molar-refractivity contribution in [3.8, 4) is 0 Å². The van der Waals surface area contributed by atoms with Crippen molar-refractivity contribution < 1.29 is 15.0 Å². The van der Waals surface area contributed by atoms with E-state index in [0.717, 1.165) is 16.0 Å². The Labute approximate surface area is 171 Å². The van der Waals surface area contributed by atoms with Crippen molar-refractivity contribution in [3.63, 3.8) is 0 Å². The Bertz CT molecular complexity index is 768. The minimum Gasteiger partial charge on any atom is -0.465 e. The molecule has 1 amide bonds. The lowest BCUT2D eigenvalue weighted by Crippen LogP contribution is -2.58. The quantitative estimate of drug-likeness (QED) is 0.587. The number of nitrogens with zero attached hydrogens (tertiary/aromatic N) is 1. The zero-order chi connectivity index (χ0) is 20.7. The van der Waals surface area contributed by atoms with Gasteiger partial charge in [-0.2, -0.15) is 0 Å². The predicted molar refractivity (Wildman–Crippen MR) is 116 cm³/mol. The van der Waals surface area contributed by atoms with Crippen LogP contribution in [0.3, 0.4) is 0 Å². The van der Waals surface area contributed by atoms with Crippen LogP contribution in [-0.2, 0) is 13.0 Å². The lowest BCUT2D eigenvalue weighted by Gasteiger charge is -2.42. The maximum atomic E-state index is 12.0. The average molecular weight is 403 g/mol. The molecule has 0 aliphatic rings. The smallest absolute Gasteiger partial charge is 0.408 e. The molecule has 1 aromatic heterocycles. The van der Waals surface area contributed by atoms with Gasteiger partial charge in [-0.15, -0.1) is 11.3 Å². The number of carboxylic acid groups (broad SMARTS) is 1. The topological polar surface area (TPSA) is 72.8 Å². The van der Waals surface area contributed by atoms with E-state index in [4.69, 9.17) is 0 Å². The van der Waals surface area contributed by atoms with Crippen molar-refractivity contribution in [1.29, 1.82) is 0 Å². The molecular formula is C22H30N2O3S. The van der Waals surface area contributed by atoms with Crippen LogP contribution in [0.2, 0.25) is 0 Å². The van der Waals surface area contributed by atoms with Crippen molar-refractivity contribution >= 4 is 23.5 Å². The van der Waals surface area contributed by atoms with Crippen LogP contribution in [0.4, 0.5) is 4.79 Å². The van der Waals surface area contributed by atoms with E-state index in [1.165, 1.54) is 4.90 Å². The lowest BCUT2D eigenvalue weighted by molar-refractivity contribution is 0.00771. The molecule has 0 fully saturated rings. The predicted octanol–water partition coefficient (Wildman–Crippen LogP) is 4.23. The first kappa shape index (κ1) is 22.1. The van der Waals surface area contributed by atoms with Gasteiger partial charge in [-0.05, 0) is 49.8 Å². The molecule has 0 aliphatic heterocycles. The van der Waals surface area contributed by atoms with Crippen LogP contribution in [0.5, 0.6) is 0 Å². The molecule has 0 radical (unpaired) electrons. The van der Waals surface area contributed by atoms with Crippen molar-refractivity contribution in [2.24, 2.45) is 0 Å². The molecule has 2 aromatic rings. The second kappa shape index (κ2) is 9.87. The van der Waals surface area contributed by atoms with Gasteiger partial charge in [0.1, 0.15) is 0 Å². The van der Waals surface area contributed by atoms with Gasteiger partial charge in [-0.3, -0.25) is 4.90 Å².